The van der Waals surface area contributed by atoms with E-state index in [-0.39, 0.29) is 5.69 Å². The van der Waals surface area contributed by atoms with E-state index in [1.807, 2.05) is 0 Å². The SMILES string of the molecule is COC(=O)n1nccc1C(N)=O. The van der Waals surface area contributed by atoms with Crippen molar-refractivity contribution in [2.75, 3.05) is 7.11 Å². The Kier molecular flexibility index (Phi) is 2.09. The van der Waals surface area contributed by atoms with E-state index < -0.39 is 12.0 Å². The summed E-state index contributed by atoms with van der Waals surface area (Å²) in [6.45, 7) is 0. The number of methoxy groups -OCH3 is 1. The Bertz CT molecular complexity index is 318. The number of nitrogens with zero attached hydrogens (tertiary/aromatic N) is 2. The van der Waals surface area contributed by atoms with Crippen molar-refractivity contribution in [1.82, 2.24) is 9.78 Å². The highest BCUT2D eigenvalue weighted by Gasteiger charge is 2.14. The molecule has 0 aliphatic rings. The fourth-order valence-electron chi connectivity index (χ4n) is 0.722. The molecule has 0 fully saturated rings. The van der Waals surface area contributed by atoms with Gasteiger partial charge in [0.1, 0.15) is 5.69 Å². The number of nitrogens with two attached hydrogens (primary N) is 1. The van der Waals surface area contributed by atoms with Crippen LogP contribution in [0.4, 0.5) is 4.79 Å². The molecule has 64 valence electrons. The number of primary amides is 1. The van der Waals surface area contributed by atoms with Gasteiger partial charge >= 0.3 is 6.09 Å². The lowest BCUT2D eigenvalue weighted by Gasteiger charge is -1.99. The van der Waals surface area contributed by atoms with Gasteiger partial charge < -0.3 is 10.5 Å². The molecule has 0 atom stereocenters. The minimum Gasteiger partial charge on any atom is -0.451 e. The van der Waals surface area contributed by atoms with E-state index in [9.17, 15) is 9.59 Å². The summed E-state index contributed by atoms with van der Waals surface area (Å²) in [6, 6.07) is 1.33. The Balaban J connectivity index is 3.07. The molecule has 0 spiro atoms. The molecule has 1 aromatic heterocycles. The van der Waals surface area contributed by atoms with Crippen LogP contribution >= 0.6 is 0 Å². The van der Waals surface area contributed by atoms with Crippen molar-refractivity contribution in [2.45, 2.75) is 0 Å². The molecular formula is C6H7N3O3. The second-order valence-electron chi connectivity index (χ2n) is 1.96. The number of rotatable bonds is 1. The Morgan fingerprint density at radius 3 is 2.83 bits per heavy atom. The van der Waals surface area contributed by atoms with E-state index >= 15 is 0 Å². The Morgan fingerprint density at radius 1 is 1.67 bits per heavy atom. The lowest BCUT2D eigenvalue weighted by atomic mass is 10.4. The van der Waals surface area contributed by atoms with E-state index in [1.165, 1.54) is 19.4 Å². The van der Waals surface area contributed by atoms with Gasteiger partial charge in [0.15, 0.2) is 0 Å². The molecule has 2 N–H and O–H groups in total. The van der Waals surface area contributed by atoms with Gasteiger partial charge in [-0.25, -0.2) is 4.79 Å². The molecule has 1 aromatic rings. The molecule has 0 saturated heterocycles. The van der Waals surface area contributed by atoms with Crippen LogP contribution in [0.25, 0.3) is 0 Å². The minimum atomic E-state index is -0.742. The smallest absolute Gasteiger partial charge is 0.435 e. The molecule has 0 aliphatic heterocycles. The second kappa shape index (κ2) is 3.04. The molecular weight excluding hydrogens is 162 g/mol. The maximum absolute atomic E-state index is 10.9. The highest BCUT2D eigenvalue weighted by molar-refractivity contribution is 5.94. The number of amides is 1. The number of aromatic nitrogens is 2. The van der Waals surface area contributed by atoms with Crippen molar-refractivity contribution in [3.05, 3.63) is 18.0 Å². The van der Waals surface area contributed by atoms with Crippen LogP contribution in [0.3, 0.4) is 0 Å². The average molecular weight is 169 g/mol. The molecule has 1 rings (SSSR count). The molecule has 0 unspecified atom stereocenters. The van der Waals surface area contributed by atoms with Crippen LogP contribution in [-0.2, 0) is 4.74 Å². The predicted molar refractivity (Wildman–Crippen MR) is 38.5 cm³/mol. The van der Waals surface area contributed by atoms with Gasteiger partial charge in [-0.2, -0.15) is 9.78 Å². The summed E-state index contributed by atoms with van der Waals surface area (Å²) in [5.41, 5.74) is 4.95. The molecule has 1 heterocycles. The zero-order chi connectivity index (χ0) is 9.14. The lowest BCUT2D eigenvalue weighted by molar-refractivity contribution is 0.0986. The summed E-state index contributed by atoms with van der Waals surface area (Å²) in [6.07, 6.45) is 0.547. The van der Waals surface area contributed by atoms with Gasteiger partial charge in [0.2, 0.25) is 0 Å². The topological polar surface area (TPSA) is 87.2 Å². The van der Waals surface area contributed by atoms with Gasteiger partial charge in [0, 0.05) is 0 Å². The van der Waals surface area contributed by atoms with Crippen LogP contribution in [0, 0.1) is 0 Å². The van der Waals surface area contributed by atoms with Crippen molar-refractivity contribution >= 4 is 12.0 Å². The van der Waals surface area contributed by atoms with Gasteiger partial charge in [-0.3, -0.25) is 4.79 Å². The Labute approximate surface area is 67.9 Å². The Hall–Kier alpha value is -1.85. The first-order valence-electron chi connectivity index (χ1n) is 3.09. The van der Waals surface area contributed by atoms with Gasteiger partial charge in [-0.15, -0.1) is 0 Å². The van der Waals surface area contributed by atoms with Gasteiger partial charge in [-0.05, 0) is 6.07 Å². The summed E-state index contributed by atoms with van der Waals surface area (Å²) >= 11 is 0. The molecule has 1 amide bonds. The normalized spacial score (nSPS) is 9.42. The average Bonchev–Trinajstić information content (AvgIpc) is 2.50. The largest absolute Gasteiger partial charge is 0.451 e. The minimum absolute atomic E-state index is 0.00171. The third-order valence-corrected chi connectivity index (χ3v) is 1.24. The first-order valence-corrected chi connectivity index (χ1v) is 3.09. The lowest BCUT2D eigenvalue weighted by Crippen LogP contribution is -2.22. The van der Waals surface area contributed by atoms with E-state index in [4.69, 9.17) is 5.73 Å². The number of carbonyl (C=O) groups excluding carboxylic acids is 2. The van der Waals surface area contributed by atoms with E-state index in [2.05, 4.69) is 9.84 Å². The summed E-state index contributed by atoms with van der Waals surface area (Å²) in [4.78, 5) is 21.5. The third-order valence-electron chi connectivity index (χ3n) is 1.24. The van der Waals surface area contributed by atoms with E-state index in [0.29, 0.717) is 0 Å². The molecule has 12 heavy (non-hydrogen) atoms. The zero-order valence-corrected chi connectivity index (χ0v) is 6.35. The molecule has 0 bridgehead atoms. The quantitative estimate of drug-likeness (QED) is 0.619. The van der Waals surface area contributed by atoms with Crippen LogP contribution in [0.1, 0.15) is 10.5 Å². The molecule has 6 heteroatoms. The summed E-state index contributed by atoms with van der Waals surface area (Å²) in [7, 11) is 1.19. The first kappa shape index (κ1) is 8.25. The predicted octanol–water partition coefficient (Wildman–Crippen LogP) is -0.404. The third kappa shape index (κ3) is 1.26. The molecule has 0 saturated carbocycles. The maximum Gasteiger partial charge on any atom is 0.435 e. The molecule has 6 nitrogen and oxygen atoms in total. The second-order valence-corrected chi connectivity index (χ2v) is 1.96. The fourth-order valence-corrected chi connectivity index (χ4v) is 0.722. The van der Waals surface area contributed by atoms with Crippen molar-refractivity contribution in [3.63, 3.8) is 0 Å². The van der Waals surface area contributed by atoms with Crippen molar-refractivity contribution in [3.8, 4) is 0 Å². The number of ether oxygens (including phenoxy) is 1. The highest BCUT2D eigenvalue weighted by Crippen LogP contribution is 1.97. The van der Waals surface area contributed by atoms with Crippen molar-refractivity contribution in [1.29, 1.82) is 0 Å². The number of hydrogen-bond donors (Lipinski definition) is 1. The standard InChI is InChI=1S/C6H7N3O3/c1-12-6(11)9-4(5(7)10)2-3-8-9/h2-3H,1H3,(H2,7,10). The van der Waals surface area contributed by atoms with Gasteiger partial charge in [-0.1, -0.05) is 0 Å². The maximum atomic E-state index is 10.9. The Morgan fingerprint density at radius 2 is 2.33 bits per heavy atom. The van der Waals surface area contributed by atoms with Crippen LogP contribution in [0.2, 0.25) is 0 Å². The van der Waals surface area contributed by atoms with Crippen LogP contribution < -0.4 is 5.73 Å². The summed E-state index contributed by atoms with van der Waals surface area (Å²) in [5.74, 6) is -0.724. The molecule has 0 aromatic carbocycles. The zero-order valence-electron chi connectivity index (χ0n) is 6.35. The van der Waals surface area contributed by atoms with Crippen LogP contribution in [0.15, 0.2) is 12.3 Å². The van der Waals surface area contributed by atoms with Crippen LogP contribution in [0.5, 0.6) is 0 Å². The monoisotopic (exact) mass is 169 g/mol. The van der Waals surface area contributed by atoms with Crippen LogP contribution in [-0.4, -0.2) is 28.9 Å². The summed E-state index contributed by atoms with van der Waals surface area (Å²) in [5, 5.41) is 3.55. The fraction of sp³-hybridized carbons (Fsp3) is 0.167. The summed E-state index contributed by atoms with van der Waals surface area (Å²) < 4.78 is 5.13. The van der Waals surface area contributed by atoms with Crippen molar-refractivity contribution in [2.24, 2.45) is 5.73 Å². The van der Waals surface area contributed by atoms with E-state index in [0.717, 1.165) is 4.68 Å². The van der Waals surface area contributed by atoms with E-state index in [1.54, 1.807) is 0 Å². The molecule has 0 radical (unpaired) electrons. The number of hydrogen-bond acceptors (Lipinski definition) is 4. The van der Waals surface area contributed by atoms with Crippen molar-refractivity contribution < 1.29 is 14.3 Å². The number of carbonyl (C=O) groups is 2. The molecule has 0 aliphatic carbocycles. The van der Waals surface area contributed by atoms with Gasteiger partial charge in [0.25, 0.3) is 5.91 Å². The highest BCUT2D eigenvalue weighted by atomic mass is 16.5. The van der Waals surface area contributed by atoms with Gasteiger partial charge in [0.05, 0.1) is 13.3 Å². The first-order chi connectivity index (χ1) is 5.66.